The summed E-state index contributed by atoms with van der Waals surface area (Å²) in [5.41, 5.74) is 0.471. The van der Waals surface area contributed by atoms with E-state index in [1.54, 1.807) is 6.92 Å². The Kier molecular flexibility index (Phi) is 4.20. The molecule has 0 aromatic heterocycles. The summed E-state index contributed by atoms with van der Waals surface area (Å²) >= 11 is 3.13. The van der Waals surface area contributed by atoms with Crippen LogP contribution in [0.15, 0.2) is 22.7 Å². The predicted molar refractivity (Wildman–Crippen MR) is 55.4 cm³/mol. The van der Waals surface area contributed by atoms with Gasteiger partial charge in [0, 0.05) is 16.5 Å². The average molecular weight is 279 g/mol. The van der Waals surface area contributed by atoms with Crippen LogP contribution in [0.2, 0.25) is 0 Å². The first-order valence-corrected chi connectivity index (χ1v) is 5.11. The van der Waals surface area contributed by atoms with Crippen molar-refractivity contribution in [3.63, 3.8) is 0 Å². The van der Waals surface area contributed by atoms with Crippen LogP contribution in [0.5, 0.6) is 5.75 Å². The van der Waals surface area contributed by atoms with Crippen LogP contribution in [0.1, 0.15) is 23.7 Å². The molecule has 2 nitrogen and oxygen atoms in total. The van der Waals surface area contributed by atoms with Gasteiger partial charge in [-0.3, -0.25) is 4.79 Å². The van der Waals surface area contributed by atoms with Crippen molar-refractivity contribution in [2.45, 2.75) is 20.0 Å². The number of Topliss-reactive ketones (excluding diaryl/α,β-unsaturated/α-hetero) is 1. The van der Waals surface area contributed by atoms with Crippen molar-refractivity contribution in [2.75, 3.05) is 0 Å². The van der Waals surface area contributed by atoms with Gasteiger partial charge in [0.05, 0.1) is 0 Å². The molecule has 1 aromatic carbocycles. The summed E-state index contributed by atoms with van der Waals surface area (Å²) in [7, 11) is 0. The van der Waals surface area contributed by atoms with Crippen molar-refractivity contribution in [3.05, 3.63) is 28.2 Å². The van der Waals surface area contributed by atoms with Crippen LogP contribution in [0.25, 0.3) is 0 Å². The molecule has 0 saturated heterocycles. The van der Waals surface area contributed by atoms with Crippen LogP contribution in [0.4, 0.5) is 8.78 Å². The van der Waals surface area contributed by atoms with Gasteiger partial charge in [0.25, 0.3) is 0 Å². The molecule has 0 atom stereocenters. The zero-order chi connectivity index (χ0) is 11.4. The summed E-state index contributed by atoms with van der Waals surface area (Å²) in [5.74, 6) is -0.0185. The number of rotatable bonds is 4. The SMILES string of the molecule is CCC(=O)c1ccc(OC(F)F)cc1Br. The monoisotopic (exact) mass is 278 g/mol. The van der Waals surface area contributed by atoms with E-state index in [9.17, 15) is 13.6 Å². The van der Waals surface area contributed by atoms with Crippen molar-refractivity contribution in [3.8, 4) is 5.75 Å². The van der Waals surface area contributed by atoms with Gasteiger partial charge in [-0.25, -0.2) is 0 Å². The fraction of sp³-hybridized carbons (Fsp3) is 0.300. The number of carbonyl (C=O) groups excluding carboxylic acids is 1. The lowest BCUT2D eigenvalue weighted by atomic mass is 10.1. The molecule has 15 heavy (non-hydrogen) atoms. The Hall–Kier alpha value is -0.970. The minimum absolute atomic E-state index is 0.0320. The molecule has 0 amide bonds. The van der Waals surface area contributed by atoms with Gasteiger partial charge < -0.3 is 4.74 Å². The first-order valence-electron chi connectivity index (χ1n) is 4.32. The lowest BCUT2D eigenvalue weighted by molar-refractivity contribution is -0.0498. The number of hydrogen-bond acceptors (Lipinski definition) is 2. The zero-order valence-electron chi connectivity index (χ0n) is 7.97. The first kappa shape index (κ1) is 12.1. The molecular weight excluding hydrogens is 270 g/mol. The summed E-state index contributed by atoms with van der Waals surface area (Å²) < 4.78 is 28.4. The van der Waals surface area contributed by atoms with Crippen LogP contribution < -0.4 is 4.74 Å². The molecular formula is C10H9BrF2O2. The van der Waals surface area contributed by atoms with E-state index in [-0.39, 0.29) is 11.5 Å². The maximum atomic E-state index is 11.9. The third kappa shape index (κ3) is 3.27. The van der Waals surface area contributed by atoms with Crippen molar-refractivity contribution < 1.29 is 18.3 Å². The van der Waals surface area contributed by atoms with Crippen LogP contribution in [-0.4, -0.2) is 12.4 Å². The smallest absolute Gasteiger partial charge is 0.387 e. The molecule has 0 heterocycles. The Morgan fingerprint density at radius 1 is 1.53 bits per heavy atom. The van der Waals surface area contributed by atoms with Crippen LogP contribution in [-0.2, 0) is 0 Å². The summed E-state index contributed by atoms with van der Waals surface area (Å²) in [6, 6.07) is 4.17. The standard InChI is InChI=1S/C10H9BrF2O2/c1-2-9(14)7-4-3-6(5-8(7)11)15-10(12)13/h3-5,10H,2H2,1H3. The summed E-state index contributed by atoms with van der Waals surface area (Å²) in [6.07, 6.45) is 0.369. The quantitative estimate of drug-likeness (QED) is 0.786. The van der Waals surface area contributed by atoms with E-state index < -0.39 is 6.61 Å². The highest BCUT2D eigenvalue weighted by Gasteiger charge is 2.10. The fourth-order valence-electron chi connectivity index (χ4n) is 1.09. The van der Waals surface area contributed by atoms with E-state index >= 15 is 0 Å². The molecule has 0 unspecified atom stereocenters. The Morgan fingerprint density at radius 2 is 2.20 bits per heavy atom. The van der Waals surface area contributed by atoms with Gasteiger partial charge in [0.2, 0.25) is 0 Å². The van der Waals surface area contributed by atoms with E-state index in [2.05, 4.69) is 20.7 Å². The van der Waals surface area contributed by atoms with Gasteiger partial charge in [-0.2, -0.15) is 8.78 Å². The molecule has 1 aromatic rings. The van der Waals surface area contributed by atoms with Crippen LogP contribution in [0, 0.1) is 0 Å². The number of alkyl halides is 2. The lowest BCUT2D eigenvalue weighted by Crippen LogP contribution is -2.03. The number of benzene rings is 1. The predicted octanol–water partition coefficient (Wildman–Crippen LogP) is 3.64. The molecule has 0 fully saturated rings. The number of ether oxygens (including phenoxy) is 1. The Bertz CT molecular complexity index is 366. The summed E-state index contributed by atoms with van der Waals surface area (Å²) in [4.78, 5) is 11.3. The molecule has 0 aliphatic carbocycles. The number of halogens is 3. The van der Waals surface area contributed by atoms with Gasteiger partial charge in [0.15, 0.2) is 5.78 Å². The van der Waals surface area contributed by atoms with E-state index in [0.29, 0.717) is 16.5 Å². The van der Waals surface area contributed by atoms with Crippen LogP contribution >= 0.6 is 15.9 Å². The van der Waals surface area contributed by atoms with Crippen molar-refractivity contribution in [1.82, 2.24) is 0 Å². The topological polar surface area (TPSA) is 26.3 Å². The molecule has 0 bridgehead atoms. The molecule has 5 heteroatoms. The van der Waals surface area contributed by atoms with E-state index in [1.165, 1.54) is 18.2 Å². The number of carbonyl (C=O) groups is 1. The van der Waals surface area contributed by atoms with E-state index in [1.807, 2.05) is 0 Å². The van der Waals surface area contributed by atoms with Crippen molar-refractivity contribution >= 4 is 21.7 Å². The molecule has 0 radical (unpaired) electrons. The highest BCUT2D eigenvalue weighted by Crippen LogP contribution is 2.25. The lowest BCUT2D eigenvalue weighted by Gasteiger charge is -2.07. The highest BCUT2D eigenvalue weighted by molar-refractivity contribution is 9.10. The van der Waals surface area contributed by atoms with Crippen molar-refractivity contribution in [2.24, 2.45) is 0 Å². The number of ketones is 1. The summed E-state index contributed by atoms with van der Waals surface area (Å²) in [6.45, 7) is -1.12. The first-order chi connectivity index (χ1) is 7.04. The van der Waals surface area contributed by atoms with E-state index in [4.69, 9.17) is 0 Å². The Labute approximate surface area is 94.4 Å². The maximum Gasteiger partial charge on any atom is 0.387 e. The third-order valence-electron chi connectivity index (χ3n) is 1.79. The second kappa shape index (κ2) is 5.21. The van der Waals surface area contributed by atoms with Gasteiger partial charge in [-0.15, -0.1) is 0 Å². The van der Waals surface area contributed by atoms with Gasteiger partial charge in [-0.05, 0) is 34.1 Å². The molecule has 0 N–H and O–H groups in total. The minimum atomic E-state index is -2.86. The molecule has 1 rings (SSSR count). The molecule has 0 aliphatic rings. The second-order valence-corrected chi connectivity index (χ2v) is 3.65. The zero-order valence-corrected chi connectivity index (χ0v) is 9.55. The maximum absolute atomic E-state index is 11.9. The number of hydrogen-bond donors (Lipinski definition) is 0. The largest absolute Gasteiger partial charge is 0.435 e. The Balaban J connectivity index is 2.93. The normalized spacial score (nSPS) is 10.5. The highest BCUT2D eigenvalue weighted by atomic mass is 79.9. The fourth-order valence-corrected chi connectivity index (χ4v) is 1.67. The molecule has 0 aliphatic heterocycles. The summed E-state index contributed by atoms with van der Waals surface area (Å²) in [5, 5.41) is 0. The van der Waals surface area contributed by atoms with Gasteiger partial charge in [0.1, 0.15) is 5.75 Å². The minimum Gasteiger partial charge on any atom is -0.435 e. The molecule has 0 spiro atoms. The molecule has 82 valence electrons. The van der Waals surface area contributed by atoms with Gasteiger partial charge in [-0.1, -0.05) is 6.92 Å². The average Bonchev–Trinajstić information content (AvgIpc) is 2.16. The Morgan fingerprint density at radius 3 is 2.67 bits per heavy atom. The second-order valence-electron chi connectivity index (χ2n) is 2.80. The molecule has 0 saturated carbocycles. The van der Waals surface area contributed by atoms with Gasteiger partial charge >= 0.3 is 6.61 Å². The van der Waals surface area contributed by atoms with Crippen molar-refractivity contribution in [1.29, 1.82) is 0 Å². The van der Waals surface area contributed by atoms with Crippen LogP contribution in [0.3, 0.4) is 0 Å². The third-order valence-corrected chi connectivity index (χ3v) is 2.44. The van der Waals surface area contributed by atoms with E-state index in [0.717, 1.165) is 0 Å².